The summed E-state index contributed by atoms with van der Waals surface area (Å²) in [5.41, 5.74) is -0.652. The fraction of sp³-hybridized carbons (Fsp3) is 0.655. The van der Waals surface area contributed by atoms with E-state index in [0.29, 0.717) is 47.3 Å². The fourth-order valence-corrected chi connectivity index (χ4v) is 8.71. The van der Waals surface area contributed by atoms with Crippen molar-refractivity contribution in [3.05, 3.63) is 46.7 Å². The summed E-state index contributed by atoms with van der Waals surface area (Å²) in [6, 6.07) is 0. The standard InChI is InChI=1S/C29H37ClO4/c1-17-11-19(30)14-21(12-17)34-16-26(32)29(33)10-7-24-22-13-18(2)25-15-20(31)5-8-27(25,3)23(22)6-9-28(24,29)4/h5,8,11,14-15,17-18,22-24,33H,6-7,9-10,12-13,16H2,1-4H3/t17?,18-,22?,23?,24?,27?,28?,29-/m0/s1. The number of rotatable bonds is 4. The number of ketones is 2. The molecule has 1 N–H and O–H groups in total. The second kappa shape index (κ2) is 8.20. The van der Waals surface area contributed by atoms with Gasteiger partial charge < -0.3 is 9.84 Å². The van der Waals surface area contributed by atoms with E-state index < -0.39 is 11.0 Å². The third-order valence-corrected chi connectivity index (χ3v) is 10.4. The number of ether oxygens (including phenoxy) is 1. The molecule has 184 valence electrons. The van der Waals surface area contributed by atoms with Gasteiger partial charge in [-0.05, 0) is 79.9 Å². The SMILES string of the molecule is CC1C=C(Cl)C=C(OCC(=O)[C@@]2(O)CCC3C4C[C@H](C)C5=CC(=O)C=CC5(C)C4CCC32C)C1. The molecule has 3 saturated carbocycles. The molecule has 0 spiro atoms. The van der Waals surface area contributed by atoms with E-state index in [2.05, 4.69) is 33.8 Å². The van der Waals surface area contributed by atoms with Crippen LogP contribution in [0.5, 0.6) is 0 Å². The lowest BCUT2D eigenvalue weighted by Gasteiger charge is -2.59. The molecule has 5 aliphatic carbocycles. The van der Waals surface area contributed by atoms with Crippen LogP contribution in [0, 0.1) is 40.4 Å². The van der Waals surface area contributed by atoms with E-state index in [0.717, 1.165) is 25.7 Å². The zero-order valence-electron chi connectivity index (χ0n) is 20.8. The van der Waals surface area contributed by atoms with Crippen molar-refractivity contribution in [3.63, 3.8) is 0 Å². The Hall–Kier alpha value is -1.65. The highest BCUT2D eigenvalue weighted by Crippen LogP contribution is 2.67. The second-order valence-corrected chi connectivity index (χ2v) is 12.5. The minimum Gasteiger partial charge on any atom is -0.490 e. The zero-order chi connectivity index (χ0) is 24.5. The summed E-state index contributed by atoms with van der Waals surface area (Å²) in [5, 5.41) is 12.5. The molecule has 8 atom stereocenters. The number of aliphatic hydroxyl groups is 1. The lowest BCUT2D eigenvalue weighted by atomic mass is 9.45. The van der Waals surface area contributed by atoms with Crippen LogP contribution >= 0.6 is 11.6 Å². The van der Waals surface area contributed by atoms with Crippen LogP contribution in [0.1, 0.15) is 66.2 Å². The van der Waals surface area contributed by atoms with Crippen LogP contribution in [0.25, 0.3) is 0 Å². The Morgan fingerprint density at radius 3 is 2.65 bits per heavy atom. The van der Waals surface area contributed by atoms with Gasteiger partial charge in [-0.15, -0.1) is 0 Å². The van der Waals surface area contributed by atoms with Crippen LogP contribution in [0.15, 0.2) is 46.7 Å². The lowest BCUT2D eigenvalue weighted by molar-refractivity contribution is -0.164. The minimum atomic E-state index is -1.36. The van der Waals surface area contributed by atoms with Crippen molar-refractivity contribution in [2.45, 2.75) is 71.8 Å². The smallest absolute Gasteiger partial charge is 0.202 e. The van der Waals surface area contributed by atoms with Gasteiger partial charge >= 0.3 is 0 Å². The Kier molecular flexibility index (Phi) is 5.80. The number of Topliss-reactive ketones (excluding diaryl/α,β-unsaturated/α-hetero) is 1. The molecule has 4 nitrogen and oxygen atoms in total. The molecule has 0 aromatic rings. The molecule has 0 aromatic carbocycles. The van der Waals surface area contributed by atoms with Crippen molar-refractivity contribution in [1.29, 1.82) is 0 Å². The summed E-state index contributed by atoms with van der Waals surface area (Å²) >= 11 is 6.18. The summed E-state index contributed by atoms with van der Waals surface area (Å²) in [6.07, 6.45) is 14.4. The summed E-state index contributed by atoms with van der Waals surface area (Å²) < 4.78 is 5.89. The van der Waals surface area contributed by atoms with Crippen molar-refractivity contribution < 1.29 is 19.4 Å². The van der Waals surface area contributed by atoms with E-state index in [1.54, 1.807) is 12.2 Å². The van der Waals surface area contributed by atoms with Crippen molar-refractivity contribution in [2.75, 3.05) is 6.61 Å². The average molecular weight is 485 g/mol. The maximum atomic E-state index is 13.5. The maximum absolute atomic E-state index is 13.5. The second-order valence-electron chi connectivity index (χ2n) is 12.0. The Morgan fingerprint density at radius 1 is 1.18 bits per heavy atom. The first-order valence-electron chi connectivity index (χ1n) is 12.9. The molecule has 34 heavy (non-hydrogen) atoms. The molecule has 0 bridgehead atoms. The lowest BCUT2D eigenvalue weighted by Crippen LogP contribution is -2.58. The van der Waals surface area contributed by atoms with Gasteiger partial charge in [0.15, 0.2) is 5.78 Å². The monoisotopic (exact) mass is 484 g/mol. The third-order valence-electron chi connectivity index (χ3n) is 10.1. The molecular weight excluding hydrogens is 448 g/mol. The first kappa shape index (κ1) is 24.1. The number of allylic oxidation sites excluding steroid dienone is 8. The highest BCUT2D eigenvalue weighted by Gasteiger charge is 2.66. The van der Waals surface area contributed by atoms with E-state index in [-0.39, 0.29) is 29.5 Å². The predicted molar refractivity (Wildman–Crippen MR) is 133 cm³/mol. The van der Waals surface area contributed by atoms with Crippen molar-refractivity contribution >= 4 is 23.2 Å². The quantitative estimate of drug-likeness (QED) is 0.539. The van der Waals surface area contributed by atoms with Gasteiger partial charge in [-0.25, -0.2) is 0 Å². The summed E-state index contributed by atoms with van der Waals surface area (Å²) in [4.78, 5) is 25.6. The molecule has 6 unspecified atom stereocenters. The van der Waals surface area contributed by atoms with E-state index in [1.165, 1.54) is 5.57 Å². The van der Waals surface area contributed by atoms with E-state index >= 15 is 0 Å². The van der Waals surface area contributed by atoms with Gasteiger partial charge in [0, 0.05) is 22.3 Å². The Bertz CT molecular complexity index is 1040. The fourth-order valence-electron chi connectivity index (χ4n) is 8.38. The molecule has 0 aliphatic heterocycles. The number of hydrogen-bond donors (Lipinski definition) is 1. The van der Waals surface area contributed by atoms with Gasteiger partial charge in [0.05, 0.1) is 5.76 Å². The van der Waals surface area contributed by atoms with Crippen LogP contribution in [0.2, 0.25) is 0 Å². The van der Waals surface area contributed by atoms with Crippen molar-refractivity contribution in [3.8, 4) is 0 Å². The van der Waals surface area contributed by atoms with Crippen LogP contribution in [-0.2, 0) is 14.3 Å². The first-order chi connectivity index (χ1) is 16.0. The molecule has 0 saturated heterocycles. The third kappa shape index (κ3) is 3.51. The van der Waals surface area contributed by atoms with Gasteiger partial charge in [-0.3, -0.25) is 9.59 Å². The Balaban J connectivity index is 1.36. The molecular formula is C29H37ClO4. The minimum absolute atomic E-state index is 0.0958. The number of hydrogen-bond acceptors (Lipinski definition) is 4. The Morgan fingerprint density at radius 2 is 1.91 bits per heavy atom. The number of carbonyl (C=O) groups excluding carboxylic acids is 2. The number of halogens is 1. The van der Waals surface area contributed by atoms with Crippen molar-refractivity contribution in [2.24, 2.45) is 40.4 Å². The number of fused-ring (bicyclic) bond motifs is 5. The van der Waals surface area contributed by atoms with Crippen LogP contribution in [0.3, 0.4) is 0 Å². The van der Waals surface area contributed by atoms with E-state index in [4.69, 9.17) is 16.3 Å². The van der Waals surface area contributed by atoms with Crippen LogP contribution in [-0.4, -0.2) is 28.9 Å². The average Bonchev–Trinajstić information content (AvgIpc) is 3.05. The summed E-state index contributed by atoms with van der Waals surface area (Å²) in [5.74, 6) is 2.37. The molecule has 5 heteroatoms. The topological polar surface area (TPSA) is 63.6 Å². The molecule has 0 aromatic heterocycles. The molecule has 5 rings (SSSR count). The van der Waals surface area contributed by atoms with Crippen LogP contribution < -0.4 is 0 Å². The highest BCUT2D eigenvalue weighted by molar-refractivity contribution is 6.31. The maximum Gasteiger partial charge on any atom is 0.202 e. The molecule has 3 fully saturated rings. The normalized spacial score (nSPS) is 45.4. The van der Waals surface area contributed by atoms with Gasteiger partial charge in [-0.2, -0.15) is 0 Å². The van der Waals surface area contributed by atoms with Crippen LogP contribution in [0.4, 0.5) is 0 Å². The predicted octanol–water partition coefficient (Wildman–Crippen LogP) is 5.90. The van der Waals surface area contributed by atoms with Gasteiger partial charge in [0.1, 0.15) is 12.2 Å². The largest absolute Gasteiger partial charge is 0.490 e. The summed E-state index contributed by atoms with van der Waals surface area (Å²) in [6.45, 7) is 8.62. The molecule has 5 aliphatic rings. The first-order valence-corrected chi connectivity index (χ1v) is 13.3. The van der Waals surface area contributed by atoms with Gasteiger partial charge in [-0.1, -0.05) is 57.0 Å². The number of carbonyl (C=O) groups is 2. The van der Waals surface area contributed by atoms with E-state index in [1.807, 2.05) is 12.2 Å². The molecule has 0 heterocycles. The highest BCUT2D eigenvalue weighted by atomic mass is 35.5. The molecule has 0 amide bonds. The van der Waals surface area contributed by atoms with Gasteiger partial charge in [0.2, 0.25) is 5.78 Å². The van der Waals surface area contributed by atoms with Gasteiger partial charge in [0.25, 0.3) is 0 Å². The Labute approximate surface area is 208 Å². The molecule has 0 radical (unpaired) electrons. The summed E-state index contributed by atoms with van der Waals surface area (Å²) in [7, 11) is 0. The van der Waals surface area contributed by atoms with Crippen molar-refractivity contribution in [1.82, 2.24) is 0 Å². The zero-order valence-corrected chi connectivity index (χ0v) is 21.5. The van der Waals surface area contributed by atoms with E-state index in [9.17, 15) is 14.7 Å².